The van der Waals surface area contributed by atoms with Crippen molar-refractivity contribution in [2.45, 2.75) is 38.3 Å². The highest BCUT2D eigenvalue weighted by Gasteiger charge is 2.29. The van der Waals surface area contributed by atoms with E-state index in [1.54, 1.807) is 0 Å². The average molecular weight is 308 g/mol. The highest BCUT2D eigenvalue weighted by molar-refractivity contribution is 6.33. The second kappa shape index (κ2) is 6.55. The first-order chi connectivity index (χ1) is 10.2. The minimum Gasteiger partial charge on any atom is -0.367 e. The number of fused-ring (bicyclic) bond motifs is 1. The van der Waals surface area contributed by atoms with Gasteiger partial charge < -0.3 is 10.2 Å². The number of hydrogen-bond donors (Lipinski definition) is 1. The Morgan fingerprint density at radius 1 is 1.24 bits per heavy atom. The van der Waals surface area contributed by atoms with Gasteiger partial charge in [0.15, 0.2) is 0 Å². The summed E-state index contributed by atoms with van der Waals surface area (Å²) >= 11 is 6.56. The van der Waals surface area contributed by atoms with Gasteiger partial charge in [-0.2, -0.15) is 0 Å². The molecule has 0 amide bonds. The molecule has 2 fully saturated rings. The summed E-state index contributed by atoms with van der Waals surface area (Å²) in [4.78, 5) is 5.13. The summed E-state index contributed by atoms with van der Waals surface area (Å²) in [7, 11) is 1.98. The van der Waals surface area contributed by atoms with Crippen LogP contribution < -0.4 is 10.2 Å². The Labute approximate surface area is 133 Å². The van der Waals surface area contributed by atoms with E-state index in [1.807, 2.05) is 7.05 Å². The van der Waals surface area contributed by atoms with Crippen molar-refractivity contribution < 1.29 is 0 Å². The van der Waals surface area contributed by atoms with Gasteiger partial charge in [-0.25, -0.2) is 0 Å². The Hall–Kier alpha value is -0.770. The van der Waals surface area contributed by atoms with Crippen molar-refractivity contribution >= 4 is 17.3 Å². The molecule has 2 unspecified atom stereocenters. The smallest absolute Gasteiger partial charge is 0.0642 e. The number of piperazine rings is 1. The minimum absolute atomic E-state index is 0.340. The summed E-state index contributed by atoms with van der Waals surface area (Å²) in [6.07, 6.45) is 4.08. The van der Waals surface area contributed by atoms with Crippen LogP contribution in [0.4, 0.5) is 5.69 Å². The number of hydrogen-bond acceptors (Lipinski definition) is 3. The lowest BCUT2D eigenvalue weighted by Crippen LogP contribution is -2.55. The van der Waals surface area contributed by atoms with Crippen molar-refractivity contribution in [3.8, 4) is 0 Å². The summed E-state index contributed by atoms with van der Waals surface area (Å²) in [6.45, 7) is 6.84. The number of nitrogens with one attached hydrogen (secondary N) is 1. The normalized spacial score (nSPS) is 24.7. The second-order valence-corrected chi connectivity index (χ2v) is 6.76. The van der Waals surface area contributed by atoms with Gasteiger partial charge in [0.05, 0.1) is 10.7 Å². The van der Waals surface area contributed by atoms with Crippen molar-refractivity contribution in [3.63, 3.8) is 0 Å². The van der Waals surface area contributed by atoms with E-state index in [2.05, 4.69) is 40.2 Å². The first-order valence-corrected chi connectivity index (χ1v) is 8.52. The van der Waals surface area contributed by atoms with Crippen molar-refractivity contribution in [1.29, 1.82) is 0 Å². The summed E-state index contributed by atoms with van der Waals surface area (Å²) < 4.78 is 0. The molecule has 0 aliphatic carbocycles. The summed E-state index contributed by atoms with van der Waals surface area (Å²) in [5.41, 5.74) is 2.46. The molecule has 3 nitrogen and oxygen atoms in total. The predicted molar refractivity (Wildman–Crippen MR) is 90.4 cm³/mol. The van der Waals surface area contributed by atoms with Crippen molar-refractivity contribution in [3.05, 3.63) is 28.8 Å². The monoisotopic (exact) mass is 307 g/mol. The Kier molecular flexibility index (Phi) is 4.72. The van der Waals surface area contributed by atoms with Crippen LogP contribution in [0, 0.1) is 0 Å². The van der Waals surface area contributed by atoms with Gasteiger partial charge in [-0.3, -0.25) is 4.90 Å². The first-order valence-electron chi connectivity index (χ1n) is 8.14. The Morgan fingerprint density at radius 2 is 2.10 bits per heavy atom. The van der Waals surface area contributed by atoms with Crippen LogP contribution in [0.25, 0.3) is 0 Å². The highest BCUT2D eigenvalue weighted by atomic mass is 35.5. The third kappa shape index (κ3) is 3.20. The number of nitrogens with zero attached hydrogens (tertiary/aromatic N) is 2. The summed E-state index contributed by atoms with van der Waals surface area (Å²) in [5.74, 6) is 0. The lowest BCUT2D eigenvalue weighted by molar-refractivity contribution is 0.133. The van der Waals surface area contributed by atoms with Crippen LogP contribution in [-0.4, -0.2) is 44.2 Å². The zero-order chi connectivity index (χ0) is 14.8. The maximum absolute atomic E-state index is 6.56. The van der Waals surface area contributed by atoms with Gasteiger partial charge in [-0.1, -0.05) is 24.1 Å². The first kappa shape index (κ1) is 15.1. The molecule has 2 saturated heterocycles. The molecule has 2 heterocycles. The fraction of sp³-hybridized carbons (Fsp3) is 0.647. The third-order valence-corrected chi connectivity index (χ3v) is 5.39. The van der Waals surface area contributed by atoms with Gasteiger partial charge in [0, 0.05) is 31.7 Å². The molecule has 0 spiro atoms. The van der Waals surface area contributed by atoms with Crippen molar-refractivity contribution in [2.75, 3.05) is 38.1 Å². The zero-order valence-corrected chi connectivity index (χ0v) is 13.9. The molecule has 2 aliphatic rings. The molecule has 1 N–H and O–H groups in total. The standard InChI is InChI=1S/C17H26ClN3/c1-13(19-2)14-6-7-17(16(18)11-14)21-10-9-20-8-4-3-5-15(20)12-21/h6-7,11,13,15,19H,3-5,8-10,12H2,1-2H3. The summed E-state index contributed by atoms with van der Waals surface area (Å²) in [5, 5.41) is 4.15. The van der Waals surface area contributed by atoms with Crippen molar-refractivity contribution in [1.82, 2.24) is 10.2 Å². The molecule has 2 atom stereocenters. The zero-order valence-electron chi connectivity index (χ0n) is 13.1. The minimum atomic E-state index is 0.340. The van der Waals surface area contributed by atoms with E-state index < -0.39 is 0 Å². The molecule has 0 radical (unpaired) electrons. The average Bonchev–Trinajstić information content (AvgIpc) is 2.53. The summed E-state index contributed by atoms with van der Waals surface area (Å²) in [6, 6.07) is 7.58. The van der Waals surface area contributed by atoms with E-state index in [-0.39, 0.29) is 0 Å². The number of halogens is 1. The number of anilines is 1. The van der Waals surface area contributed by atoms with Crippen LogP contribution in [0.3, 0.4) is 0 Å². The lowest BCUT2D eigenvalue weighted by atomic mass is 9.99. The maximum Gasteiger partial charge on any atom is 0.0642 e. The molecule has 116 valence electrons. The van der Waals surface area contributed by atoms with Crippen molar-refractivity contribution in [2.24, 2.45) is 0 Å². The second-order valence-electron chi connectivity index (χ2n) is 6.35. The molecule has 0 bridgehead atoms. The topological polar surface area (TPSA) is 18.5 Å². The molecule has 1 aromatic carbocycles. The lowest BCUT2D eigenvalue weighted by Gasteiger charge is -2.45. The molecule has 0 aromatic heterocycles. The van der Waals surface area contributed by atoms with Gasteiger partial charge in [-0.05, 0) is 51.1 Å². The van der Waals surface area contributed by atoms with Gasteiger partial charge in [0.2, 0.25) is 0 Å². The molecule has 3 rings (SSSR count). The predicted octanol–water partition coefficient (Wildman–Crippen LogP) is 3.29. The highest BCUT2D eigenvalue weighted by Crippen LogP contribution is 2.32. The van der Waals surface area contributed by atoms with Gasteiger partial charge in [0.25, 0.3) is 0 Å². The van der Waals surface area contributed by atoms with Crippen LogP contribution in [0.15, 0.2) is 18.2 Å². The van der Waals surface area contributed by atoms with Gasteiger partial charge in [0.1, 0.15) is 0 Å². The van der Waals surface area contributed by atoms with E-state index in [0.29, 0.717) is 6.04 Å². The molecule has 1 aromatic rings. The molecule has 2 aliphatic heterocycles. The van der Waals surface area contributed by atoms with Crippen LogP contribution in [0.2, 0.25) is 5.02 Å². The van der Waals surface area contributed by atoms with E-state index in [0.717, 1.165) is 24.2 Å². The number of benzene rings is 1. The van der Waals surface area contributed by atoms with Crippen LogP contribution >= 0.6 is 11.6 Å². The van der Waals surface area contributed by atoms with Crippen LogP contribution in [0.5, 0.6) is 0 Å². The molecule has 21 heavy (non-hydrogen) atoms. The van der Waals surface area contributed by atoms with E-state index in [4.69, 9.17) is 11.6 Å². The Morgan fingerprint density at radius 3 is 2.86 bits per heavy atom. The molecular formula is C17H26ClN3. The Bertz CT molecular complexity index is 491. The maximum atomic E-state index is 6.56. The molecular weight excluding hydrogens is 282 g/mol. The van der Waals surface area contributed by atoms with Gasteiger partial charge >= 0.3 is 0 Å². The van der Waals surface area contributed by atoms with Crippen LogP contribution in [0.1, 0.15) is 37.8 Å². The van der Waals surface area contributed by atoms with Crippen LogP contribution in [-0.2, 0) is 0 Å². The Balaban J connectivity index is 1.74. The van der Waals surface area contributed by atoms with E-state index in [1.165, 1.54) is 43.6 Å². The molecule has 4 heteroatoms. The molecule has 0 saturated carbocycles. The van der Waals surface area contributed by atoms with E-state index in [9.17, 15) is 0 Å². The fourth-order valence-electron chi connectivity index (χ4n) is 3.59. The quantitative estimate of drug-likeness (QED) is 0.924. The fourth-order valence-corrected chi connectivity index (χ4v) is 3.90. The third-order valence-electron chi connectivity index (χ3n) is 5.08. The van der Waals surface area contributed by atoms with Gasteiger partial charge in [-0.15, -0.1) is 0 Å². The number of rotatable bonds is 3. The largest absolute Gasteiger partial charge is 0.367 e. The SMILES string of the molecule is CNC(C)c1ccc(N2CCN3CCCCC3C2)c(Cl)c1. The number of piperidine rings is 1. The van der Waals surface area contributed by atoms with E-state index >= 15 is 0 Å².